The molecule has 6 heteroatoms. The Morgan fingerprint density at radius 1 is 1.59 bits per heavy atom. The maximum Gasteiger partial charge on any atom is 0.0870 e. The van der Waals surface area contributed by atoms with Crippen LogP contribution in [0.3, 0.4) is 0 Å². The van der Waals surface area contributed by atoms with Gasteiger partial charge in [-0.25, -0.2) is 0 Å². The second-order valence-electron chi connectivity index (χ2n) is 4.15. The predicted octanol–water partition coefficient (Wildman–Crippen LogP) is 1.88. The van der Waals surface area contributed by atoms with Crippen LogP contribution < -0.4 is 5.73 Å². The number of halogens is 1. The van der Waals surface area contributed by atoms with E-state index in [4.69, 9.17) is 29.6 Å². The Bertz CT molecular complexity index is 402. The molecule has 0 saturated carbocycles. The number of nitrogens with two attached hydrogens (primary N) is 1. The van der Waals surface area contributed by atoms with Crippen LogP contribution in [0.5, 0.6) is 0 Å². The fourth-order valence-corrected chi connectivity index (χ4v) is 2.22. The standard InChI is InChI=1S/C11H19ClN4S/c1-4-5-16(7-10(13)17)6-9-11(12)8(2)14-15(9)3/h4-7H2,1-3H3,(H2,13,17). The fourth-order valence-electron chi connectivity index (χ4n) is 1.81. The Hall–Kier alpha value is -0.650. The van der Waals surface area contributed by atoms with E-state index >= 15 is 0 Å². The molecule has 96 valence electrons. The molecule has 0 fully saturated rings. The van der Waals surface area contributed by atoms with E-state index in [1.54, 1.807) is 0 Å². The van der Waals surface area contributed by atoms with E-state index in [9.17, 15) is 0 Å². The minimum absolute atomic E-state index is 0.508. The van der Waals surface area contributed by atoms with Gasteiger partial charge in [0.15, 0.2) is 0 Å². The van der Waals surface area contributed by atoms with Crippen molar-refractivity contribution >= 4 is 28.8 Å². The number of aryl methyl sites for hydroxylation is 2. The predicted molar refractivity (Wildman–Crippen MR) is 75.3 cm³/mol. The van der Waals surface area contributed by atoms with E-state index < -0.39 is 0 Å². The molecule has 1 aromatic heterocycles. The highest BCUT2D eigenvalue weighted by molar-refractivity contribution is 7.80. The van der Waals surface area contributed by atoms with Gasteiger partial charge in [-0.3, -0.25) is 9.58 Å². The molecule has 17 heavy (non-hydrogen) atoms. The van der Waals surface area contributed by atoms with Crippen LogP contribution >= 0.6 is 23.8 Å². The van der Waals surface area contributed by atoms with Gasteiger partial charge in [-0.1, -0.05) is 30.7 Å². The Balaban J connectivity index is 2.81. The molecule has 4 nitrogen and oxygen atoms in total. The molecule has 0 atom stereocenters. The van der Waals surface area contributed by atoms with Gasteiger partial charge in [-0.05, 0) is 19.9 Å². The summed E-state index contributed by atoms with van der Waals surface area (Å²) in [5.41, 5.74) is 7.46. The first-order valence-electron chi connectivity index (χ1n) is 5.64. The number of hydrogen-bond acceptors (Lipinski definition) is 3. The summed E-state index contributed by atoms with van der Waals surface area (Å²) in [5.74, 6) is 0. The lowest BCUT2D eigenvalue weighted by Crippen LogP contribution is -2.33. The third-order valence-electron chi connectivity index (χ3n) is 2.55. The van der Waals surface area contributed by atoms with Gasteiger partial charge in [0.05, 0.1) is 21.4 Å². The summed E-state index contributed by atoms with van der Waals surface area (Å²) < 4.78 is 1.82. The normalized spacial score (nSPS) is 11.1. The van der Waals surface area contributed by atoms with Crippen molar-refractivity contribution in [3.8, 4) is 0 Å². The van der Waals surface area contributed by atoms with E-state index in [1.165, 1.54) is 0 Å². The summed E-state index contributed by atoms with van der Waals surface area (Å²) in [4.78, 5) is 2.69. The van der Waals surface area contributed by atoms with Crippen molar-refractivity contribution in [1.82, 2.24) is 14.7 Å². The second kappa shape index (κ2) is 6.33. The van der Waals surface area contributed by atoms with Crippen molar-refractivity contribution in [3.63, 3.8) is 0 Å². The number of thiocarbonyl (C=S) groups is 1. The monoisotopic (exact) mass is 274 g/mol. The second-order valence-corrected chi connectivity index (χ2v) is 5.05. The van der Waals surface area contributed by atoms with Crippen LogP contribution in [0.1, 0.15) is 24.7 Å². The Morgan fingerprint density at radius 2 is 2.24 bits per heavy atom. The van der Waals surface area contributed by atoms with E-state index in [0.29, 0.717) is 11.5 Å². The highest BCUT2D eigenvalue weighted by atomic mass is 35.5. The Kier molecular flexibility index (Phi) is 5.36. The third-order valence-corrected chi connectivity index (χ3v) is 3.18. The molecule has 0 saturated heterocycles. The molecule has 2 N–H and O–H groups in total. The zero-order valence-electron chi connectivity index (χ0n) is 10.5. The first-order valence-corrected chi connectivity index (χ1v) is 6.43. The number of rotatable bonds is 6. The Labute approximate surface area is 113 Å². The minimum Gasteiger partial charge on any atom is -0.392 e. The zero-order chi connectivity index (χ0) is 13.0. The van der Waals surface area contributed by atoms with Crippen LogP contribution in [-0.4, -0.2) is 32.8 Å². The van der Waals surface area contributed by atoms with Crippen LogP contribution in [0, 0.1) is 6.92 Å². The average molecular weight is 275 g/mol. The third kappa shape index (κ3) is 3.94. The van der Waals surface area contributed by atoms with Crippen LogP contribution in [-0.2, 0) is 13.6 Å². The highest BCUT2D eigenvalue weighted by Gasteiger charge is 2.15. The van der Waals surface area contributed by atoms with Crippen molar-refractivity contribution in [2.45, 2.75) is 26.8 Å². The lowest BCUT2D eigenvalue weighted by atomic mass is 10.3. The fraction of sp³-hybridized carbons (Fsp3) is 0.636. The van der Waals surface area contributed by atoms with E-state index in [2.05, 4.69) is 16.9 Å². The van der Waals surface area contributed by atoms with Gasteiger partial charge in [0.2, 0.25) is 0 Å². The van der Waals surface area contributed by atoms with Crippen LogP contribution in [0.2, 0.25) is 5.02 Å². The SMILES string of the molecule is CCCN(CC(N)=S)Cc1c(Cl)c(C)nn1C. The maximum absolute atomic E-state index is 6.22. The number of hydrogen-bond donors (Lipinski definition) is 1. The molecular weight excluding hydrogens is 256 g/mol. The molecular formula is C11H19ClN4S. The quantitative estimate of drug-likeness (QED) is 0.805. The lowest BCUT2D eigenvalue weighted by molar-refractivity contribution is 0.296. The molecule has 1 heterocycles. The molecule has 0 aliphatic rings. The van der Waals surface area contributed by atoms with Crippen molar-refractivity contribution in [1.29, 1.82) is 0 Å². The van der Waals surface area contributed by atoms with Gasteiger partial charge < -0.3 is 5.73 Å². The number of aromatic nitrogens is 2. The topological polar surface area (TPSA) is 47.1 Å². The van der Waals surface area contributed by atoms with Gasteiger partial charge >= 0.3 is 0 Å². The minimum atomic E-state index is 0.508. The van der Waals surface area contributed by atoms with Gasteiger partial charge in [-0.15, -0.1) is 0 Å². The smallest absolute Gasteiger partial charge is 0.0870 e. The van der Waals surface area contributed by atoms with Gasteiger partial charge in [0.25, 0.3) is 0 Å². The summed E-state index contributed by atoms with van der Waals surface area (Å²) in [6.07, 6.45) is 1.05. The summed E-state index contributed by atoms with van der Waals surface area (Å²) in [6, 6.07) is 0. The van der Waals surface area contributed by atoms with Gasteiger partial charge in [-0.2, -0.15) is 5.10 Å². The van der Waals surface area contributed by atoms with Gasteiger partial charge in [0.1, 0.15) is 0 Å². The van der Waals surface area contributed by atoms with Gasteiger partial charge in [0, 0.05) is 20.1 Å². The first-order chi connectivity index (χ1) is 7.95. The summed E-state index contributed by atoms with van der Waals surface area (Å²) in [7, 11) is 1.90. The summed E-state index contributed by atoms with van der Waals surface area (Å²) >= 11 is 11.2. The molecule has 0 aliphatic carbocycles. The molecule has 0 aromatic carbocycles. The van der Waals surface area contributed by atoms with Crippen molar-refractivity contribution in [2.24, 2.45) is 12.8 Å². The van der Waals surface area contributed by atoms with Crippen LogP contribution in [0.4, 0.5) is 0 Å². The van der Waals surface area contributed by atoms with Crippen molar-refractivity contribution in [2.75, 3.05) is 13.1 Å². The van der Waals surface area contributed by atoms with E-state index in [1.807, 2.05) is 18.7 Å². The molecule has 0 unspecified atom stereocenters. The zero-order valence-corrected chi connectivity index (χ0v) is 12.1. The molecule has 0 spiro atoms. The molecule has 1 rings (SSSR count). The average Bonchev–Trinajstić information content (AvgIpc) is 2.44. The molecule has 0 bridgehead atoms. The lowest BCUT2D eigenvalue weighted by Gasteiger charge is -2.21. The summed E-state index contributed by atoms with van der Waals surface area (Å²) in [6.45, 7) is 6.31. The highest BCUT2D eigenvalue weighted by Crippen LogP contribution is 2.20. The Morgan fingerprint density at radius 3 is 2.65 bits per heavy atom. The molecule has 0 radical (unpaired) electrons. The largest absolute Gasteiger partial charge is 0.392 e. The van der Waals surface area contributed by atoms with E-state index in [-0.39, 0.29) is 0 Å². The molecule has 0 amide bonds. The van der Waals surface area contributed by atoms with E-state index in [0.717, 1.165) is 35.9 Å². The van der Waals surface area contributed by atoms with Crippen LogP contribution in [0.15, 0.2) is 0 Å². The van der Waals surface area contributed by atoms with Crippen LogP contribution in [0.25, 0.3) is 0 Å². The molecule has 0 aliphatic heterocycles. The summed E-state index contributed by atoms with van der Waals surface area (Å²) in [5, 5.41) is 5.03. The van der Waals surface area contributed by atoms with Crippen molar-refractivity contribution in [3.05, 3.63) is 16.4 Å². The first kappa shape index (κ1) is 14.4. The maximum atomic E-state index is 6.22. The molecule has 1 aromatic rings. The number of nitrogens with zero attached hydrogens (tertiary/aromatic N) is 3. The van der Waals surface area contributed by atoms with Crippen molar-refractivity contribution < 1.29 is 0 Å².